The van der Waals surface area contributed by atoms with Crippen LogP contribution in [0, 0.1) is 19.7 Å². The number of halogens is 1. The highest BCUT2D eigenvalue weighted by Crippen LogP contribution is 2.26. The Hall–Kier alpha value is -3.54. The van der Waals surface area contributed by atoms with Gasteiger partial charge in [-0.3, -0.25) is 4.79 Å². The van der Waals surface area contributed by atoms with Crippen LogP contribution in [0.2, 0.25) is 0 Å². The molecule has 0 bridgehead atoms. The molecule has 0 aliphatic carbocycles. The number of para-hydroxylation sites is 1. The Kier molecular flexibility index (Phi) is 4.84. The third-order valence-corrected chi connectivity index (χ3v) is 5.01. The van der Waals surface area contributed by atoms with Crippen LogP contribution < -0.4 is 0 Å². The van der Waals surface area contributed by atoms with Crippen molar-refractivity contribution in [2.24, 2.45) is 0 Å². The lowest BCUT2D eigenvalue weighted by atomic mass is 10.0. The van der Waals surface area contributed by atoms with E-state index in [1.54, 1.807) is 30.1 Å². The van der Waals surface area contributed by atoms with Crippen LogP contribution in [0.1, 0.15) is 27.4 Å². The Morgan fingerprint density at radius 1 is 1.10 bits per heavy atom. The second-order valence-corrected chi connectivity index (χ2v) is 7.04. The number of nitrogens with zero attached hydrogens (tertiary/aromatic N) is 3. The lowest BCUT2D eigenvalue weighted by Crippen LogP contribution is -2.27. The maximum Gasteiger partial charge on any atom is 0.254 e. The number of carbonyl (C=O) groups excluding carboxylic acids is 1. The fourth-order valence-electron chi connectivity index (χ4n) is 3.36. The summed E-state index contributed by atoms with van der Waals surface area (Å²) < 4.78 is 18.5. The van der Waals surface area contributed by atoms with Gasteiger partial charge in [0.2, 0.25) is 0 Å². The fourth-order valence-corrected chi connectivity index (χ4v) is 3.36. The maximum absolute atomic E-state index is 13.3. The molecule has 0 spiro atoms. The van der Waals surface area contributed by atoms with Gasteiger partial charge in [-0.25, -0.2) is 9.37 Å². The molecule has 0 aliphatic rings. The summed E-state index contributed by atoms with van der Waals surface area (Å²) in [5.41, 5.74) is 4.30. The molecule has 2 aromatic heterocycles. The Morgan fingerprint density at radius 2 is 1.83 bits per heavy atom. The Labute approximate surface area is 167 Å². The summed E-state index contributed by atoms with van der Waals surface area (Å²) in [5, 5.41) is 4.73. The van der Waals surface area contributed by atoms with Crippen LogP contribution in [0.4, 0.5) is 4.39 Å². The summed E-state index contributed by atoms with van der Waals surface area (Å²) in [7, 11) is 1.75. The van der Waals surface area contributed by atoms with Crippen molar-refractivity contribution in [2.45, 2.75) is 20.4 Å². The maximum atomic E-state index is 13.3. The molecule has 0 unspecified atom stereocenters. The van der Waals surface area contributed by atoms with E-state index < -0.39 is 0 Å². The normalized spacial score (nSPS) is 11.0. The molecule has 4 rings (SSSR count). The van der Waals surface area contributed by atoms with E-state index in [0.29, 0.717) is 29.1 Å². The number of benzene rings is 2. The van der Waals surface area contributed by atoms with Crippen LogP contribution in [-0.4, -0.2) is 28.0 Å². The van der Waals surface area contributed by atoms with Crippen LogP contribution in [0.15, 0.2) is 59.1 Å². The standard InChI is InChI=1S/C23H20FN3O2/c1-14-20(15(2)29-26-14)13-27(3)23(28)19-12-22(16-8-10-17(24)11-9-16)25-21-7-5-4-6-18(19)21/h4-12H,13H2,1-3H3. The predicted molar refractivity (Wildman–Crippen MR) is 109 cm³/mol. The third kappa shape index (κ3) is 3.61. The van der Waals surface area contributed by atoms with E-state index in [1.807, 2.05) is 38.1 Å². The van der Waals surface area contributed by atoms with Gasteiger partial charge in [0.05, 0.1) is 29.0 Å². The number of carbonyl (C=O) groups is 1. The lowest BCUT2D eigenvalue weighted by Gasteiger charge is -2.19. The molecular formula is C23H20FN3O2. The molecule has 0 saturated heterocycles. The van der Waals surface area contributed by atoms with Crippen LogP contribution >= 0.6 is 0 Å². The van der Waals surface area contributed by atoms with Gasteiger partial charge in [-0.15, -0.1) is 0 Å². The summed E-state index contributed by atoms with van der Waals surface area (Å²) in [6.07, 6.45) is 0. The van der Waals surface area contributed by atoms with Crippen LogP contribution in [0.5, 0.6) is 0 Å². The Morgan fingerprint density at radius 3 is 2.52 bits per heavy atom. The van der Waals surface area contributed by atoms with E-state index in [4.69, 9.17) is 4.52 Å². The van der Waals surface area contributed by atoms with E-state index in [9.17, 15) is 9.18 Å². The van der Waals surface area contributed by atoms with E-state index in [2.05, 4.69) is 10.1 Å². The molecule has 4 aromatic rings. The molecule has 2 aromatic carbocycles. The van der Waals surface area contributed by atoms with Gasteiger partial charge in [0.15, 0.2) is 0 Å². The van der Waals surface area contributed by atoms with Crippen LogP contribution in [0.3, 0.4) is 0 Å². The van der Waals surface area contributed by atoms with Crippen molar-refractivity contribution in [3.63, 3.8) is 0 Å². The van der Waals surface area contributed by atoms with Gasteiger partial charge in [-0.2, -0.15) is 0 Å². The molecular weight excluding hydrogens is 369 g/mol. The highest BCUT2D eigenvalue weighted by atomic mass is 19.1. The summed E-state index contributed by atoms with van der Waals surface area (Å²) in [6, 6.07) is 15.4. The highest BCUT2D eigenvalue weighted by molar-refractivity contribution is 6.07. The zero-order chi connectivity index (χ0) is 20.5. The van der Waals surface area contributed by atoms with Gasteiger partial charge in [-0.1, -0.05) is 23.4 Å². The lowest BCUT2D eigenvalue weighted by molar-refractivity contribution is 0.0786. The minimum atomic E-state index is -0.315. The van der Waals surface area contributed by atoms with Crippen molar-refractivity contribution < 1.29 is 13.7 Å². The van der Waals surface area contributed by atoms with Crippen molar-refractivity contribution in [3.05, 3.63) is 83.0 Å². The number of hydrogen-bond donors (Lipinski definition) is 0. The van der Waals surface area contributed by atoms with Gasteiger partial charge in [0.25, 0.3) is 5.91 Å². The molecule has 146 valence electrons. The smallest absolute Gasteiger partial charge is 0.254 e. The summed E-state index contributed by atoms with van der Waals surface area (Å²) in [6.45, 7) is 4.09. The molecule has 29 heavy (non-hydrogen) atoms. The van der Waals surface area contributed by atoms with Gasteiger partial charge in [0.1, 0.15) is 11.6 Å². The number of fused-ring (bicyclic) bond motifs is 1. The number of amides is 1. The second kappa shape index (κ2) is 7.47. The van der Waals surface area contributed by atoms with Gasteiger partial charge in [0, 0.05) is 23.6 Å². The number of rotatable bonds is 4. The van der Waals surface area contributed by atoms with E-state index in [0.717, 1.165) is 22.2 Å². The minimum Gasteiger partial charge on any atom is -0.361 e. The predicted octanol–water partition coefficient (Wildman–Crippen LogP) is 4.92. The van der Waals surface area contributed by atoms with Gasteiger partial charge < -0.3 is 9.42 Å². The van der Waals surface area contributed by atoms with Gasteiger partial charge in [-0.05, 0) is 50.2 Å². The SMILES string of the molecule is Cc1noc(C)c1CN(C)C(=O)c1cc(-c2ccc(F)cc2)nc2ccccc12. The van der Waals surface area contributed by atoms with E-state index in [-0.39, 0.29) is 11.7 Å². The van der Waals surface area contributed by atoms with E-state index in [1.165, 1.54) is 12.1 Å². The third-order valence-electron chi connectivity index (χ3n) is 5.01. The van der Waals surface area contributed by atoms with Crippen molar-refractivity contribution in [2.75, 3.05) is 7.05 Å². The monoisotopic (exact) mass is 389 g/mol. The molecule has 0 fully saturated rings. The first kappa shape index (κ1) is 18.8. The van der Waals surface area contributed by atoms with Crippen molar-refractivity contribution in [3.8, 4) is 11.3 Å². The molecule has 0 atom stereocenters. The molecule has 0 N–H and O–H groups in total. The number of pyridine rings is 1. The van der Waals surface area contributed by atoms with Crippen molar-refractivity contribution >= 4 is 16.8 Å². The van der Waals surface area contributed by atoms with Crippen LogP contribution in [-0.2, 0) is 6.54 Å². The molecule has 0 saturated carbocycles. The quantitative estimate of drug-likeness (QED) is 0.497. The molecule has 0 radical (unpaired) electrons. The molecule has 1 amide bonds. The Balaban J connectivity index is 1.77. The van der Waals surface area contributed by atoms with Crippen molar-refractivity contribution in [1.29, 1.82) is 0 Å². The van der Waals surface area contributed by atoms with Crippen LogP contribution in [0.25, 0.3) is 22.2 Å². The first-order chi connectivity index (χ1) is 13.9. The summed E-state index contributed by atoms with van der Waals surface area (Å²) in [5.74, 6) is 0.255. The zero-order valence-electron chi connectivity index (χ0n) is 16.4. The summed E-state index contributed by atoms with van der Waals surface area (Å²) in [4.78, 5) is 19.6. The molecule has 5 nitrogen and oxygen atoms in total. The van der Waals surface area contributed by atoms with Crippen molar-refractivity contribution in [1.82, 2.24) is 15.0 Å². The Bertz CT molecular complexity index is 1180. The first-order valence-corrected chi connectivity index (χ1v) is 9.27. The largest absolute Gasteiger partial charge is 0.361 e. The number of hydrogen-bond acceptors (Lipinski definition) is 4. The van der Waals surface area contributed by atoms with E-state index >= 15 is 0 Å². The average Bonchev–Trinajstić information content (AvgIpc) is 3.05. The zero-order valence-corrected chi connectivity index (χ0v) is 16.4. The molecule has 6 heteroatoms. The molecule has 0 aliphatic heterocycles. The topological polar surface area (TPSA) is 59.2 Å². The minimum absolute atomic E-state index is 0.132. The first-order valence-electron chi connectivity index (χ1n) is 9.27. The fraction of sp³-hybridized carbons (Fsp3) is 0.174. The number of aromatic nitrogens is 2. The van der Waals surface area contributed by atoms with Gasteiger partial charge >= 0.3 is 0 Å². The highest BCUT2D eigenvalue weighted by Gasteiger charge is 2.20. The summed E-state index contributed by atoms with van der Waals surface area (Å²) >= 11 is 0. The average molecular weight is 389 g/mol. The second-order valence-electron chi connectivity index (χ2n) is 7.04. The number of aryl methyl sites for hydroxylation is 2. The molecule has 2 heterocycles.